The maximum Gasteiger partial charge on any atom is 0.185 e. The summed E-state index contributed by atoms with van der Waals surface area (Å²) < 4.78 is 24.9. The average molecular weight is 497 g/mol. The molecular formula is C30H25FN2O4. The molecule has 37 heavy (non-hydrogen) atoms. The Bertz CT molecular complexity index is 1540. The third kappa shape index (κ3) is 4.75. The molecule has 186 valence electrons. The van der Waals surface area contributed by atoms with Crippen LogP contribution in [-0.4, -0.2) is 33.6 Å². The Hall–Kier alpha value is -3.94. The molecular weight excluding hydrogens is 471 g/mol. The molecule has 2 aromatic carbocycles. The summed E-state index contributed by atoms with van der Waals surface area (Å²) in [4.78, 5) is 20.2. The Morgan fingerprint density at radius 2 is 2.03 bits per heavy atom. The van der Waals surface area contributed by atoms with Crippen LogP contribution in [0.5, 0.6) is 0 Å². The van der Waals surface area contributed by atoms with E-state index in [0.29, 0.717) is 12.0 Å². The fourth-order valence-electron chi connectivity index (χ4n) is 5.04. The quantitative estimate of drug-likeness (QED) is 0.315. The van der Waals surface area contributed by atoms with Crippen LogP contribution in [0, 0.1) is 5.82 Å². The molecule has 2 aliphatic carbocycles. The summed E-state index contributed by atoms with van der Waals surface area (Å²) in [6.07, 6.45) is 9.44. The first kappa shape index (κ1) is 23.5. The molecule has 1 N–H and O–H groups in total. The Morgan fingerprint density at radius 3 is 2.78 bits per heavy atom. The van der Waals surface area contributed by atoms with Gasteiger partial charge in [0, 0.05) is 16.4 Å². The SMILES string of the molecule is O=Cc1ccc(-c2ccc3ncnc(C4(CC5=CC(O)C(OCc6cccc(F)c6)C=C5)CC4)c3c2)o1. The first-order valence-electron chi connectivity index (χ1n) is 12.3. The molecule has 0 radical (unpaired) electrons. The summed E-state index contributed by atoms with van der Waals surface area (Å²) in [6.45, 7) is 0.218. The number of ether oxygens (including phenoxy) is 1. The molecule has 2 atom stereocenters. The van der Waals surface area contributed by atoms with E-state index < -0.39 is 12.2 Å². The molecule has 1 fully saturated rings. The number of benzene rings is 2. The summed E-state index contributed by atoms with van der Waals surface area (Å²) in [7, 11) is 0. The predicted molar refractivity (Wildman–Crippen MR) is 136 cm³/mol. The van der Waals surface area contributed by atoms with Gasteiger partial charge < -0.3 is 14.3 Å². The van der Waals surface area contributed by atoms with E-state index >= 15 is 0 Å². The van der Waals surface area contributed by atoms with Crippen LogP contribution in [0.1, 0.15) is 41.1 Å². The molecule has 0 spiro atoms. The van der Waals surface area contributed by atoms with E-state index in [1.165, 1.54) is 12.1 Å². The van der Waals surface area contributed by atoms with Gasteiger partial charge in [0.05, 0.1) is 17.8 Å². The van der Waals surface area contributed by atoms with E-state index in [1.54, 1.807) is 30.6 Å². The third-order valence-electron chi connectivity index (χ3n) is 7.11. The lowest BCUT2D eigenvalue weighted by Gasteiger charge is -2.25. The molecule has 0 bridgehead atoms. The smallest absolute Gasteiger partial charge is 0.185 e. The lowest BCUT2D eigenvalue weighted by molar-refractivity contribution is 0.000248. The van der Waals surface area contributed by atoms with Gasteiger partial charge in [0.2, 0.25) is 0 Å². The molecule has 2 aromatic heterocycles. The zero-order valence-electron chi connectivity index (χ0n) is 20.0. The summed E-state index contributed by atoms with van der Waals surface area (Å²) in [5.41, 5.74) is 4.30. The number of hydrogen-bond acceptors (Lipinski definition) is 6. The van der Waals surface area contributed by atoms with Gasteiger partial charge in [-0.1, -0.05) is 30.4 Å². The van der Waals surface area contributed by atoms with E-state index in [0.717, 1.165) is 52.6 Å². The number of nitrogens with zero attached hydrogens (tertiary/aromatic N) is 2. The maximum atomic E-state index is 13.4. The molecule has 0 aliphatic heterocycles. The third-order valence-corrected chi connectivity index (χ3v) is 7.11. The number of aliphatic hydroxyl groups excluding tert-OH is 1. The highest BCUT2D eigenvalue weighted by Gasteiger charge is 2.47. The van der Waals surface area contributed by atoms with Crippen molar-refractivity contribution in [3.05, 3.63) is 108 Å². The van der Waals surface area contributed by atoms with Crippen molar-refractivity contribution < 1.29 is 23.4 Å². The number of fused-ring (bicyclic) bond motifs is 1. The summed E-state index contributed by atoms with van der Waals surface area (Å²) in [6, 6.07) is 15.6. The van der Waals surface area contributed by atoms with Crippen molar-refractivity contribution in [3.63, 3.8) is 0 Å². The molecule has 4 aromatic rings. The lowest BCUT2D eigenvalue weighted by atomic mass is 9.87. The highest BCUT2D eigenvalue weighted by Crippen LogP contribution is 2.54. The van der Waals surface area contributed by atoms with Crippen LogP contribution in [0.15, 0.2) is 89.1 Å². The van der Waals surface area contributed by atoms with Crippen LogP contribution >= 0.6 is 0 Å². The van der Waals surface area contributed by atoms with Crippen LogP contribution in [0.3, 0.4) is 0 Å². The Kier molecular flexibility index (Phi) is 6.02. The second-order valence-electron chi connectivity index (χ2n) is 9.73. The Balaban J connectivity index is 1.21. The Labute approximate surface area is 213 Å². The van der Waals surface area contributed by atoms with Crippen molar-refractivity contribution in [2.45, 2.75) is 43.5 Å². The van der Waals surface area contributed by atoms with Gasteiger partial charge in [-0.05, 0) is 72.9 Å². The van der Waals surface area contributed by atoms with Crippen molar-refractivity contribution in [2.24, 2.45) is 0 Å². The minimum Gasteiger partial charge on any atom is -0.453 e. The molecule has 6 nitrogen and oxygen atoms in total. The van der Waals surface area contributed by atoms with Crippen LogP contribution in [-0.2, 0) is 16.8 Å². The number of aliphatic hydroxyl groups is 1. The normalized spacial score (nSPS) is 20.1. The molecule has 2 unspecified atom stereocenters. The van der Waals surface area contributed by atoms with Gasteiger partial charge in [0.25, 0.3) is 0 Å². The number of rotatable bonds is 8. The highest BCUT2D eigenvalue weighted by atomic mass is 19.1. The van der Waals surface area contributed by atoms with Crippen molar-refractivity contribution >= 4 is 17.2 Å². The van der Waals surface area contributed by atoms with Gasteiger partial charge in [-0.2, -0.15) is 0 Å². The predicted octanol–water partition coefficient (Wildman–Crippen LogP) is 5.71. The Morgan fingerprint density at radius 1 is 1.14 bits per heavy atom. The van der Waals surface area contributed by atoms with Gasteiger partial charge in [-0.15, -0.1) is 0 Å². The van der Waals surface area contributed by atoms with Crippen LogP contribution in [0.2, 0.25) is 0 Å². The topological polar surface area (TPSA) is 85.5 Å². The van der Waals surface area contributed by atoms with E-state index in [4.69, 9.17) is 14.1 Å². The molecule has 2 heterocycles. The minimum atomic E-state index is -0.788. The van der Waals surface area contributed by atoms with Crippen LogP contribution in [0.4, 0.5) is 4.39 Å². The van der Waals surface area contributed by atoms with E-state index in [-0.39, 0.29) is 23.6 Å². The largest absolute Gasteiger partial charge is 0.453 e. The number of halogens is 1. The van der Waals surface area contributed by atoms with Crippen molar-refractivity contribution in [1.29, 1.82) is 0 Å². The summed E-state index contributed by atoms with van der Waals surface area (Å²) in [5.74, 6) is 0.594. The van der Waals surface area contributed by atoms with Crippen molar-refractivity contribution in [1.82, 2.24) is 9.97 Å². The van der Waals surface area contributed by atoms with Crippen molar-refractivity contribution in [2.75, 3.05) is 0 Å². The second kappa shape index (κ2) is 9.50. The van der Waals surface area contributed by atoms with Crippen LogP contribution in [0.25, 0.3) is 22.2 Å². The van der Waals surface area contributed by atoms with Gasteiger partial charge in [-0.25, -0.2) is 14.4 Å². The van der Waals surface area contributed by atoms with Gasteiger partial charge >= 0.3 is 0 Å². The van der Waals surface area contributed by atoms with Gasteiger partial charge in [-0.3, -0.25) is 4.79 Å². The number of hydrogen-bond donors (Lipinski definition) is 1. The molecule has 0 saturated heterocycles. The van der Waals surface area contributed by atoms with Gasteiger partial charge in [0.1, 0.15) is 30.1 Å². The van der Waals surface area contributed by atoms with E-state index in [2.05, 4.69) is 4.98 Å². The summed E-state index contributed by atoms with van der Waals surface area (Å²) in [5, 5.41) is 11.7. The highest BCUT2D eigenvalue weighted by molar-refractivity contribution is 5.87. The first-order chi connectivity index (χ1) is 18.0. The second-order valence-corrected chi connectivity index (χ2v) is 9.73. The number of aromatic nitrogens is 2. The number of furan rings is 1. The number of allylic oxidation sites excluding steroid dienone is 2. The lowest BCUT2D eigenvalue weighted by Crippen LogP contribution is -2.28. The maximum absolute atomic E-state index is 13.4. The molecule has 0 amide bonds. The molecule has 1 saturated carbocycles. The number of aldehydes is 1. The fourth-order valence-corrected chi connectivity index (χ4v) is 5.04. The molecule has 7 heteroatoms. The zero-order chi connectivity index (χ0) is 25.4. The van der Waals surface area contributed by atoms with E-state index in [1.807, 2.05) is 36.4 Å². The van der Waals surface area contributed by atoms with Gasteiger partial charge in [0.15, 0.2) is 12.0 Å². The molecule has 2 aliphatic rings. The summed E-state index contributed by atoms with van der Waals surface area (Å²) >= 11 is 0. The van der Waals surface area contributed by atoms with Crippen LogP contribution < -0.4 is 0 Å². The minimum absolute atomic E-state index is 0.137. The standard InChI is InChI=1S/C30H25FN2O4/c31-22-3-1-2-20(12-22)17-36-28-8-4-19(13-26(28)35)15-30(10-11-30)29-24-14-21(5-7-25(24)32-18-33-29)27-9-6-23(16-34)37-27/h1-9,12-14,16,18,26,28,35H,10-11,15,17H2. The molecule has 6 rings (SSSR count). The number of carbonyl (C=O) groups excluding carboxylic acids is 1. The number of carbonyl (C=O) groups is 1. The zero-order valence-corrected chi connectivity index (χ0v) is 20.0. The van der Waals surface area contributed by atoms with E-state index in [9.17, 15) is 14.3 Å². The monoisotopic (exact) mass is 496 g/mol. The average Bonchev–Trinajstić information content (AvgIpc) is 3.52. The van der Waals surface area contributed by atoms with Crippen molar-refractivity contribution in [3.8, 4) is 11.3 Å². The fraction of sp³-hybridized carbons (Fsp3) is 0.233. The first-order valence-corrected chi connectivity index (χ1v) is 12.3.